The summed E-state index contributed by atoms with van der Waals surface area (Å²) in [4.78, 5) is 5.53. The lowest BCUT2D eigenvalue weighted by atomic mass is 10.4. The molecule has 0 amide bonds. The minimum Gasteiger partial charge on any atom is -0.389 e. The first-order chi connectivity index (χ1) is 9.24. The minimum atomic E-state index is -0.485. The van der Waals surface area contributed by atoms with Gasteiger partial charge >= 0.3 is 0 Å². The van der Waals surface area contributed by atoms with E-state index in [4.69, 9.17) is 4.74 Å². The van der Waals surface area contributed by atoms with Crippen LogP contribution < -0.4 is 5.32 Å². The monoisotopic (exact) mass is 298 g/mol. The Labute approximate surface area is 121 Å². The van der Waals surface area contributed by atoms with Crippen molar-refractivity contribution < 1.29 is 9.84 Å². The molecular weight excluding hydrogens is 280 g/mol. The van der Waals surface area contributed by atoms with E-state index in [9.17, 15) is 5.11 Å². The van der Waals surface area contributed by atoms with Crippen molar-refractivity contribution in [1.82, 2.24) is 10.3 Å². The lowest BCUT2D eigenvalue weighted by Gasteiger charge is -2.11. The van der Waals surface area contributed by atoms with Crippen LogP contribution >= 0.6 is 22.7 Å². The van der Waals surface area contributed by atoms with Crippen LogP contribution in [0.15, 0.2) is 22.9 Å². The zero-order valence-corrected chi connectivity index (χ0v) is 12.5. The molecular formula is C13H18N2O2S2. The van der Waals surface area contributed by atoms with Crippen molar-refractivity contribution in [3.05, 3.63) is 38.5 Å². The Morgan fingerprint density at radius 2 is 2.37 bits per heavy atom. The van der Waals surface area contributed by atoms with Gasteiger partial charge in [0, 0.05) is 29.0 Å². The molecule has 1 atom stereocenters. The molecule has 19 heavy (non-hydrogen) atoms. The summed E-state index contributed by atoms with van der Waals surface area (Å²) in [6.45, 7) is 4.11. The van der Waals surface area contributed by atoms with Gasteiger partial charge in [-0.2, -0.15) is 0 Å². The topological polar surface area (TPSA) is 54.4 Å². The van der Waals surface area contributed by atoms with Crippen LogP contribution in [-0.4, -0.2) is 29.3 Å². The van der Waals surface area contributed by atoms with E-state index in [1.165, 1.54) is 4.88 Å². The van der Waals surface area contributed by atoms with E-state index >= 15 is 0 Å². The smallest absolute Gasteiger partial charge is 0.107 e. The van der Waals surface area contributed by atoms with Gasteiger partial charge in [-0.1, -0.05) is 6.07 Å². The zero-order valence-electron chi connectivity index (χ0n) is 10.8. The van der Waals surface area contributed by atoms with Gasteiger partial charge in [0.15, 0.2) is 0 Å². The highest BCUT2D eigenvalue weighted by molar-refractivity contribution is 7.10. The van der Waals surface area contributed by atoms with Crippen LogP contribution in [0.2, 0.25) is 0 Å². The van der Waals surface area contributed by atoms with Crippen molar-refractivity contribution in [3.8, 4) is 0 Å². The molecule has 0 bridgehead atoms. The summed E-state index contributed by atoms with van der Waals surface area (Å²) in [5.41, 5.74) is 1.04. The number of aryl methyl sites for hydroxylation is 1. The quantitative estimate of drug-likeness (QED) is 0.784. The summed E-state index contributed by atoms with van der Waals surface area (Å²) in [7, 11) is 0. The third-order valence-corrected chi connectivity index (χ3v) is 4.27. The van der Waals surface area contributed by atoms with E-state index in [1.54, 1.807) is 22.7 Å². The maximum absolute atomic E-state index is 9.76. The van der Waals surface area contributed by atoms with Crippen molar-refractivity contribution in [2.45, 2.75) is 26.2 Å². The van der Waals surface area contributed by atoms with E-state index < -0.39 is 6.10 Å². The molecule has 2 N–H and O–H groups in total. The highest BCUT2D eigenvalue weighted by Crippen LogP contribution is 2.10. The fraction of sp³-hybridized carbons (Fsp3) is 0.462. The molecule has 0 aliphatic rings. The molecule has 0 saturated heterocycles. The number of aromatic nitrogens is 1. The predicted molar refractivity (Wildman–Crippen MR) is 78.5 cm³/mol. The number of aliphatic hydroxyl groups is 1. The summed E-state index contributed by atoms with van der Waals surface area (Å²) in [5.74, 6) is 0. The first-order valence-corrected chi connectivity index (χ1v) is 7.90. The number of aliphatic hydroxyl groups excluding tert-OH is 1. The SMILES string of the molecule is Cc1csc(CNCC(O)COCc2cccs2)n1. The second kappa shape index (κ2) is 7.72. The molecule has 2 aromatic rings. The Morgan fingerprint density at radius 3 is 3.05 bits per heavy atom. The molecule has 104 valence electrons. The second-order valence-corrected chi connectivity index (χ2v) is 6.24. The van der Waals surface area contributed by atoms with Gasteiger partial charge < -0.3 is 15.2 Å². The Balaban J connectivity index is 1.55. The zero-order chi connectivity index (χ0) is 13.5. The fourth-order valence-corrected chi connectivity index (χ4v) is 2.96. The molecule has 2 aromatic heterocycles. The van der Waals surface area contributed by atoms with Gasteiger partial charge in [0.1, 0.15) is 5.01 Å². The van der Waals surface area contributed by atoms with Crippen molar-refractivity contribution in [3.63, 3.8) is 0 Å². The van der Waals surface area contributed by atoms with E-state index in [-0.39, 0.29) is 0 Å². The van der Waals surface area contributed by atoms with E-state index in [1.807, 2.05) is 29.8 Å². The molecule has 0 aliphatic heterocycles. The summed E-state index contributed by atoms with van der Waals surface area (Å²) in [6, 6.07) is 4.03. The average molecular weight is 298 g/mol. The van der Waals surface area contributed by atoms with Crippen LogP contribution in [0, 0.1) is 6.92 Å². The molecule has 0 aromatic carbocycles. The molecule has 0 saturated carbocycles. The second-order valence-electron chi connectivity index (χ2n) is 4.26. The molecule has 4 nitrogen and oxygen atoms in total. The van der Waals surface area contributed by atoms with Gasteiger partial charge in [0.05, 0.1) is 19.3 Å². The fourth-order valence-electron chi connectivity index (χ4n) is 1.58. The lowest BCUT2D eigenvalue weighted by molar-refractivity contribution is 0.0297. The van der Waals surface area contributed by atoms with Crippen LogP contribution in [0.25, 0.3) is 0 Å². The Morgan fingerprint density at radius 1 is 1.47 bits per heavy atom. The molecule has 0 aliphatic carbocycles. The molecule has 2 rings (SSSR count). The number of thiazole rings is 1. The van der Waals surface area contributed by atoms with Gasteiger partial charge in [-0.15, -0.1) is 22.7 Å². The molecule has 6 heteroatoms. The molecule has 1 unspecified atom stereocenters. The average Bonchev–Trinajstić information content (AvgIpc) is 3.01. The standard InChI is InChI=1S/C13H18N2O2S2/c1-10-9-19-13(15-10)6-14-5-11(16)7-17-8-12-3-2-4-18-12/h2-4,9,11,14,16H,5-8H2,1H3. The predicted octanol–water partition coefficient (Wildman–Crippen LogP) is 2.18. The summed E-state index contributed by atoms with van der Waals surface area (Å²) < 4.78 is 5.45. The van der Waals surface area contributed by atoms with Crippen molar-refractivity contribution in [1.29, 1.82) is 0 Å². The summed E-state index contributed by atoms with van der Waals surface area (Å²) in [6.07, 6.45) is -0.485. The van der Waals surface area contributed by atoms with E-state index in [0.717, 1.165) is 10.7 Å². The summed E-state index contributed by atoms with van der Waals surface area (Å²) in [5, 5.41) is 18.0. The Hall–Kier alpha value is -0.790. The third-order valence-electron chi connectivity index (χ3n) is 2.46. The molecule has 0 radical (unpaired) electrons. The van der Waals surface area contributed by atoms with E-state index in [2.05, 4.69) is 10.3 Å². The van der Waals surface area contributed by atoms with Gasteiger partial charge in [-0.05, 0) is 18.4 Å². The van der Waals surface area contributed by atoms with Gasteiger partial charge in [0.2, 0.25) is 0 Å². The lowest BCUT2D eigenvalue weighted by Crippen LogP contribution is -2.30. The maximum Gasteiger partial charge on any atom is 0.107 e. The van der Waals surface area contributed by atoms with Crippen molar-refractivity contribution in [2.24, 2.45) is 0 Å². The number of nitrogens with one attached hydrogen (secondary N) is 1. The summed E-state index contributed by atoms with van der Waals surface area (Å²) >= 11 is 3.30. The molecule has 2 heterocycles. The van der Waals surface area contributed by atoms with Crippen LogP contribution in [0.5, 0.6) is 0 Å². The van der Waals surface area contributed by atoms with Gasteiger partial charge in [-0.3, -0.25) is 0 Å². The van der Waals surface area contributed by atoms with Crippen LogP contribution in [-0.2, 0) is 17.9 Å². The van der Waals surface area contributed by atoms with Crippen LogP contribution in [0.1, 0.15) is 15.6 Å². The maximum atomic E-state index is 9.76. The minimum absolute atomic E-state index is 0.349. The highest BCUT2D eigenvalue weighted by Gasteiger charge is 2.05. The number of hydrogen-bond donors (Lipinski definition) is 2. The van der Waals surface area contributed by atoms with Gasteiger partial charge in [-0.25, -0.2) is 4.98 Å². The molecule has 0 spiro atoms. The number of ether oxygens (including phenoxy) is 1. The third kappa shape index (κ3) is 5.38. The first-order valence-electron chi connectivity index (χ1n) is 6.14. The largest absolute Gasteiger partial charge is 0.389 e. The molecule has 0 fully saturated rings. The first kappa shape index (κ1) is 14.6. The highest BCUT2D eigenvalue weighted by atomic mass is 32.1. The van der Waals surface area contributed by atoms with Gasteiger partial charge in [0.25, 0.3) is 0 Å². The van der Waals surface area contributed by atoms with Crippen molar-refractivity contribution >= 4 is 22.7 Å². The normalized spacial score (nSPS) is 12.7. The van der Waals surface area contributed by atoms with Crippen LogP contribution in [0.3, 0.4) is 0 Å². The van der Waals surface area contributed by atoms with Crippen LogP contribution in [0.4, 0.5) is 0 Å². The number of hydrogen-bond acceptors (Lipinski definition) is 6. The Kier molecular flexibility index (Phi) is 5.93. The van der Waals surface area contributed by atoms with E-state index in [0.29, 0.717) is 26.3 Å². The number of thiophene rings is 1. The Bertz CT molecular complexity index is 471. The van der Waals surface area contributed by atoms with Crippen molar-refractivity contribution in [2.75, 3.05) is 13.2 Å². The number of nitrogens with zero attached hydrogens (tertiary/aromatic N) is 1. The number of rotatable bonds is 8.